The fraction of sp³-hybridized carbons (Fsp3) is 0.222. The molecule has 0 radical (unpaired) electrons. The van der Waals surface area contributed by atoms with Crippen LogP contribution in [-0.4, -0.2) is 22.2 Å². The molecule has 4 nitrogen and oxygen atoms in total. The van der Waals surface area contributed by atoms with E-state index in [1.807, 2.05) is 6.07 Å². The lowest BCUT2D eigenvalue weighted by atomic mass is 10.2. The Morgan fingerprint density at radius 1 is 1.57 bits per heavy atom. The van der Waals surface area contributed by atoms with Crippen LogP contribution in [0.1, 0.15) is 17.3 Å². The van der Waals surface area contributed by atoms with E-state index in [2.05, 4.69) is 9.59 Å². The summed E-state index contributed by atoms with van der Waals surface area (Å²) in [7, 11) is 0. The van der Waals surface area contributed by atoms with E-state index in [-0.39, 0.29) is 5.97 Å². The van der Waals surface area contributed by atoms with Crippen molar-refractivity contribution in [3.05, 3.63) is 23.8 Å². The van der Waals surface area contributed by atoms with E-state index in [0.29, 0.717) is 12.2 Å². The number of carbonyl (C=O) groups is 1. The number of aromatic nitrogens is 2. The van der Waals surface area contributed by atoms with Crippen molar-refractivity contribution in [2.45, 2.75) is 6.92 Å². The zero-order valence-corrected chi connectivity index (χ0v) is 8.37. The first-order valence-electron chi connectivity index (χ1n) is 4.21. The smallest absolute Gasteiger partial charge is 0.339 e. The Balaban J connectivity index is 2.50. The molecular weight excluding hydrogens is 200 g/mol. The van der Waals surface area contributed by atoms with Crippen molar-refractivity contribution < 1.29 is 9.53 Å². The van der Waals surface area contributed by atoms with Crippen LogP contribution in [0, 0.1) is 0 Å². The number of fused-ring (bicyclic) bond motifs is 1. The molecule has 1 heterocycles. The second kappa shape index (κ2) is 3.71. The summed E-state index contributed by atoms with van der Waals surface area (Å²) in [5.41, 5.74) is 1.28. The highest BCUT2D eigenvalue weighted by molar-refractivity contribution is 7.13. The van der Waals surface area contributed by atoms with E-state index in [1.54, 1.807) is 19.1 Å². The van der Waals surface area contributed by atoms with Gasteiger partial charge in [0.15, 0.2) is 0 Å². The predicted molar refractivity (Wildman–Crippen MR) is 53.4 cm³/mol. The molecule has 0 aliphatic rings. The predicted octanol–water partition coefficient (Wildman–Crippen LogP) is 1.87. The van der Waals surface area contributed by atoms with Gasteiger partial charge in [-0.1, -0.05) is 10.6 Å². The molecule has 0 saturated heterocycles. The normalized spacial score (nSPS) is 10.4. The van der Waals surface area contributed by atoms with Crippen molar-refractivity contribution >= 4 is 27.7 Å². The van der Waals surface area contributed by atoms with Crippen molar-refractivity contribution in [1.29, 1.82) is 0 Å². The summed E-state index contributed by atoms with van der Waals surface area (Å²) < 4.78 is 9.49. The lowest BCUT2D eigenvalue weighted by Crippen LogP contribution is -2.04. The molecule has 1 aromatic heterocycles. The van der Waals surface area contributed by atoms with Crippen LogP contribution >= 0.6 is 11.5 Å². The average molecular weight is 208 g/mol. The summed E-state index contributed by atoms with van der Waals surface area (Å²) >= 11 is 1.21. The molecule has 0 N–H and O–H groups in total. The van der Waals surface area contributed by atoms with Gasteiger partial charge in [-0.3, -0.25) is 0 Å². The molecule has 14 heavy (non-hydrogen) atoms. The fourth-order valence-electron chi connectivity index (χ4n) is 1.17. The van der Waals surface area contributed by atoms with Gasteiger partial charge in [-0.2, -0.15) is 0 Å². The van der Waals surface area contributed by atoms with Crippen LogP contribution < -0.4 is 0 Å². The van der Waals surface area contributed by atoms with Gasteiger partial charge in [0.05, 0.1) is 16.9 Å². The van der Waals surface area contributed by atoms with Crippen molar-refractivity contribution in [2.24, 2.45) is 0 Å². The second-order valence-electron chi connectivity index (χ2n) is 2.65. The topological polar surface area (TPSA) is 52.1 Å². The van der Waals surface area contributed by atoms with Gasteiger partial charge in [0, 0.05) is 0 Å². The molecule has 0 aliphatic heterocycles. The number of rotatable bonds is 2. The van der Waals surface area contributed by atoms with Gasteiger partial charge in [-0.05, 0) is 30.6 Å². The fourth-order valence-corrected chi connectivity index (χ4v) is 1.84. The number of hydrogen-bond acceptors (Lipinski definition) is 5. The monoisotopic (exact) mass is 208 g/mol. The Kier molecular flexibility index (Phi) is 2.41. The minimum Gasteiger partial charge on any atom is -0.462 e. The quantitative estimate of drug-likeness (QED) is 0.707. The van der Waals surface area contributed by atoms with Gasteiger partial charge < -0.3 is 4.74 Å². The summed E-state index contributed by atoms with van der Waals surface area (Å²) in [5, 5.41) is 3.88. The first-order valence-corrected chi connectivity index (χ1v) is 4.98. The highest BCUT2D eigenvalue weighted by Gasteiger charge is 2.12. The van der Waals surface area contributed by atoms with Gasteiger partial charge in [0.25, 0.3) is 0 Å². The molecule has 2 aromatic rings. The van der Waals surface area contributed by atoms with Crippen molar-refractivity contribution in [3.8, 4) is 0 Å². The Morgan fingerprint density at radius 2 is 2.43 bits per heavy atom. The molecule has 2 rings (SSSR count). The SMILES string of the molecule is CCOC(=O)c1cccc2nnsc12. The molecule has 0 bridgehead atoms. The van der Waals surface area contributed by atoms with Crippen LogP contribution in [-0.2, 0) is 4.74 Å². The number of ether oxygens (including phenoxy) is 1. The zero-order valence-electron chi connectivity index (χ0n) is 7.56. The summed E-state index contributed by atoms with van der Waals surface area (Å²) in [5.74, 6) is -0.316. The van der Waals surface area contributed by atoms with Gasteiger partial charge in [0.1, 0.15) is 5.52 Å². The summed E-state index contributed by atoms with van der Waals surface area (Å²) in [4.78, 5) is 11.5. The molecule has 0 unspecified atom stereocenters. The number of hydrogen-bond donors (Lipinski definition) is 0. The van der Waals surface area contributed by atoms with E-state index in [0.717, 1.165) is 10.2 Å². The lowest BCUT2D eigenvalue weighted by molar-refractivity contribution is 0.0529. The maximum absolute atomic E-state index is 11.5. The molecule has 0 fully saturated rings. The van der Waals surface area contributed by atoms with Gasteiger partial charge in [-0.25, -0.2) is 4.79 Å². The maximum Gasteiger partial charge on any atom is 0.339 e. The van der Waals surface area contributed by atoms with E-state index >= 15 is 0 Å². The van der Waals surface area contributed by atoms with Gasteiger partial charge in [-0.15, -0.1) is 5.10 Å². The molecular formula is C9H8N2O2S. The molecule has 0 atom stereocenters. The Hall–Kier alpha value is -1.49. The third kappa shape index (κ3) is 1.46. The molecule has 0 spiro atoms. The van der Waals surface area contributed by atoms with Crippen LogP contribution in [0.25, 0.3) is 10.2 Å². The first-order chi connectivity index (χ1) is 6.83. The van der Waals surface area contributed by atoms with Crippen LogP contribution in [0.15, 0.2) is 18.2 Å². The average Bonchev–Trinajstić information content (AvgIpc) is 2.65. The van der Waals surface area contributed by atoms with Crippen molar-refractivity contribution in [2.75, 3.05) is 6.61 Å². The van der Waals surface area contributed by atoms with E-state index in [1.165, 1.54) is 11.5 Å². The minimum absolute atomic E-state index is 0.316. The third-order valence-corrected chi connectivity index (χ3v) is 2.55. The largest absolute Gasteiger partial charge is 0.462 e. The number of benzene rings is 1. The summed E-state index contributed by atoms with van der Waals surface area (Å²) in [6, 6.07) is 5.32. The van der Waals surface area contributed by atoms with Gasteiger partial charge in [0.2, 0.25) is 0 Å². The number of esters is 1. The van der Waals surface area contributed by atoms with Gasteiger partial charge >= 0.3 is 5.97 Å². The number of nitrogens with zero attached hydrogens (tertiary/aromatic N) is 2. The Labute approximate surface area is 84.7 Å². The van der Waals surface area contributed by atoms with E-state index in [4.69, 9.17) is 4.74 Å². The lowest BCUT2D eigenvalue weighted by Gasteiger charge is -2.00. The van der Waals surface area contributed by atoms with Crippen LogP contribution in [0.2, 0.25) is 0 Å². The highest BCUT2D eigenvalue weighted by atomic mass is 32.1. The van der Waals surface area contributed by atoms with E-state index in [9.17, 15) is 4.79 Å². The van der Waals surface area contributed by atoms with Crippen molar-refractivity contribution in [1.82, 2.24) is 9.59 Å². The van der Waals surface area contributed by atoms with Crippen LogP contribution in [0.3, 0.4) is 0 Å². The molecule has 0 aliphatic carbocycles. The standard InChI is InChI=1S/C9H8N2O2S/c1-2-13-9(12)6-4-3-5-7-8(6)14-11-10-7/h3-5H,2H2,1H3. The third-order valence-electron chi connectivity index (χ3n) is 1.77. The molecule has 5 heteroatoms. The van der Waals surface area contributed by atoms with E-state index < -0.39 is 0 Å². The maximum atomic E-state index is 11.5. The van der Waals surface area contributed by atoms with Crippen LogP contribution in [0.5, 0.6) is 0 Å². The number of carbonyl (C=O) groups excluding carboxylic acids is 1. The summed E-state index contributed by atoms with van der Waals surface area (Å²) in [6.45, 7) is 2.16. The Morgan fingerprint density at radius 3 is 3.21 bits per heavy atom. The molecule has 72 valence electrons. The summed E-state index contributed by atoms with van der Waals surface area (Å²) in [6.07, 6.45) is 0. The molecule has 0 saturated carbocycles. The second-order valence-corrected chi connectivity index (χ2v) is 3.40. The molecule has 1 aromatic carbocycles. The Bertz CT molecular complexity index is 467. The highest BCUT2D eigenvalue weighted by Crippen LogP contribution is 2.20. The zero-order chi connectivity index (χ0) is 9.97. The van der Waals surface area contributed by atoms with Crippen LogP contribution in [0.4, 0.5) is 0 Å². The first kappa shape index (κ1) is 9.08. The van der Waals surface area contributed by atoms with Crippen molar-refractivity contribution in [3.63, 3.8) is 0 Å². The minimum atomic E-state index is -0.316. The molecule has 0 amide bonds.